The van der Waals surface area contributed by atoms with Crippen LogP contribution < -0.4 is 10.6 Å². The zero-order valence-electron chi connectivity index (χ0n) is 23.4. The van der Waals surface area contributed by atoms with Gasteiger partial charge < -0.3 is 10.6 Å². The summed E-state index contributed by atoms with van der Waals surface area (Å²) in [5.41, 5.74) is 4.94. The molecule has 1 heterocycles. The normalized spacial score (nSPS) is 14.4. The van der Waals surface area contributed by atoms with Crippen LogP contribution in [0.3, 0.4) is 0 Å². The van der Waals surface area contributed by atoms with E-state index in [-0.39, 0.29) is 28.4 Å². The van der Waals surface area contributed by atoms with E-state index in [0.717, 1.165) is 11.1 Å². The second kappa shape index (κ2) is 13.4. The van der Waals surface area contributed by atoms with Crippen LogP contribution in [0, 0.1) is 6.92 Å². The van der Waals surface area contributed by atoms with Crippen molar-refractivity contribution < 1.29 is 13.2 Å². The van der Waals surface area contributed by atoms with E-state index in [9.17, 15) is 13.2 Å². The summed E-state index contributed by atoms with van der Waals surface area (Å²) in [6, 6.07) is 34.9. The summed E-state index contributed by atoms with van der Waals surface area (Å²) < 4.78 is 28.5. The van der Waals surface area contributed by atoms with E-state index in [1.165, 1.54) is 11.1 Å². The molecule has 5 rings (SSSR count). The number of nitrogens with one attached hydrogen (secondary N) is 2. The Kier molecular flexibility index (Phi) is 9.44. The van der Waals surface area contributed by atoms with Crippen molar-refractivity contribution in [3.8, 4) is 0 Å². The van der Waals surface area contributed by atoms with Gasteiger partial charge in [-0.1, -0.05) is 84.9 Å². The Morgan fingerprint density at radius 2 is 1.33 bits per heavy atom. The molecular formula is C33H34N4O3S2. The molecular weight excluding hydrogens is 565 g/mol. The molecule has 1 fully saturated rings. The van der Waals surface area contributed by atoms with Crippen molar-refractivity contribution >= 4 is 38.9 Å². The van der Waals surface area contributed by atoms with Gasteiger partial charge in [0.05, 0.1) is 17.4 Å². The van der Waals surface area contributed by atoms with Gasteiger partial charge >= 0.3 is 0 Å². The second-order valence-corrected chi connectivity index (χ2v) is 12.6. The first-order chi connectivity index (χ1) is 20.3. The molecule has 0 spiro atoms. The number of anilines is 1. The molecule has 0 unspecified atom stereocenters. The SMILES string of the molecule is Cc1ccccc1CC(=O)NC(=S)Nc1ccc(S(=O)(=O)N2CCN(C(c3ccccc3)c3ccccc3)CC2)cc1. The quantitative estimate of drug-likeness (QED) is 0.273. The fraction of sp³-hybridized carbons (Fsp3) is 0.212. The summed E-state index contributed by atoms with van der Waals surface area (Å²) in [6.45, 7) is 3.99. The minimum absolute atomic E-state index is 0.0589. The van der Waals surface area contributed by atoms with Crippen LogP contribution in [0.1, 0.15) is 28.3 Å². The highest BCUT2D eigenvalue weighted by Crippen LogP contribution is 2.30. The number of thiocarbonyl (C=S) groups is 1. The van der Waals surface area contributed by atoms with E-state index < -0.39 is 10.0 Å². The molecule has 9 heteroatoms. The Morgan fingerprint density at radius 3 is 1.90 bits per heavy atom. The molecule has 0 aliphatic carbocycles. The Morgan fingerprint density at radius 1 is 0.786 bits per heavy atom. The Balaban J connectivity index is 1.19. The van der Waals surface area contributed by atoms with E-state index in [4.69, 9.17) is 12.2 Å². The van der Waals surface area contributed by atoms with Gasteiger partial charge in [0.1, 0.15) is 0 Å². The fourth-order valence-corrected chi connectivity index (χ4v) is 6.91. The maximum atomic E-state index is 13.5. The van der Waals surface area contributed by atoms with Gasteiger partial charge in [0.15, 0.2) is 5.11 Å². The predicted molar refractivity (Wildman–Crippen MR) is 171 cm³/mol. The second-order valence-electron chi connectivity index (χ2n) is 10.3. The van der Waals surface area contributed by atoms with Crippen LogP contribution >= 0.6 is 12.2 Å². The van der Waals surface area contributed by atoms with Crippen LogP contribution in [0.2, 0.25) is 0 Å². The molecule has 2 N–H and O–H groups in total. The minimum Gasteiger partial charge on any atom is -0.332 e. The number of carbonyl (C=O) groups is 1. The monoisotopic (exact) mass is 598 g/mol. The number of amides is 1. The van der Waals surface area contributed by atoms with E-state index >= 15 is 0 Å². The van der Waals surface area contributed by atoms with Gasteiger partial charge in [-0.05, 0) is 65.7 Å². The number of sulfonamides is 1. The summed E-state index contributed by atoms with van der Waals surface area (Å²) >= 11 is 5.30. The zero-order chi connectivity index (χ0) is 29.5. The van der Waals surface area contributed by atoms with E-state index in [1.54, 1.807) is 28.6 Å². The summed E-state index contributed by atoms with van der Waals surface area (Å²) in [7, 11) is -3.67. The summed E-state index contributed by atoms with van der Waals surface area (Å²) in [5, 5.41) is 5.81. The highest BCUT2D eigenvalue weighted by molar-refractivity contribution is 7.89. The Hall–Kier alpha value is -3.89. The molecule has 1 saturated heterocycles. The van der Waals surface area contributed by atoms with Crippen molar-refractivity contribution in [2.75, 3.05) is 31.5 Å². The molecule has 0 aromatic heterocycles. The first kappa shape index (κ1) is 29.6. The standard InChI is InChI=1S/C33H34N4O3S2/c1-25-10-8-9-15-28(25)24-31(38)35-33(41)34-29-16-18-30(19-17-29)42(39,40)37-22-20-36(21-23-37)32(26-11-4-2-5-12-26)27-13-6-3-7-14-27/h2-19,32H,20-24H2,1H3,(H2,34,35,38,41). The third-order valence-corrected chi connectivity index (χ3v) is 9.60. The van der Waals surface area contributed by atoms with Crippen molar-refractivity contribution in [3.63, 3.8) is 0 Å². The first-order valence-electron chi connectivity index (χ1n) is 13.9. The first-order valence-corrected chi connectivity index (χ1v) is 15.8. The molecule has 42 heavy (non-hydrogen) atoms. The van der Waals surface area contributed by atoms with Gasteiger partial charge in [-0.3, -0.25) is 9.69 Å². The largest absolute Gasteiger partial charge is 0.332 e. The Bertz CT molecular complexity index is 1580. The molecule has 216 valence electrons. The lowest BCUT2D eigenvalue weighted by Gasteiger charge is -2.39. The topological polar surface area (TPSA) is 81.8 Å². The number of piperazine rings is 1. The molecule has 7 nitrogen and oxygen atoms in total. The number of aryl methyl sites for hydroxylation is 1. The summed E-state index contributed by atoms with van der Waals surface area (Å²) in [5.74, 6) is -0.220. The van der Waals surface area contributed by atoms with E-state index in [0.29, 0.717) is 31.9 Å². The molecule has 1 amide bonds. The number of carbonyl (C=O) groups excluding carboxylic acids is 1. The average molecular weight is 599 g/mol. The highest BCUT2D eigenvalue weighted by atomic mass is 32.2. The maximum absolute atomic E-state index is 13.5. The van der Waals surface area contributed by atoms with Gasteiger partial charge in [-0.2, -0.15) is 4.31 Å². The smallest absolute Gasteiger partial charge is 0.243 e. The number of benzene rings is 4. The van der Waals surface area contributed by atoms with Crippen LogP contribution in [0.4, 0.5) is 5.69 Å². The lowest BCUT2D eigenvalue weighted by Crippen LogP contribution is -2.49. The van der Waals surface area contributed by atoms with Gasteiger partial charge in [0, 0.05) is 31.9 Å². The Labute approximate surface area is 253 Å². The fourth-order valence-electron chi connectivity index (χ4n) is 5.26. The van der Waals surface area contributed by atoms with Crippen molar-refractivity contribution in [1.29, 1.82) is 0 Å². The van der Waals surface area contributed by atoms with E-state index in [2.05, 4.69) is 39.8 Å². The molecule has 4 aromatic rings. The molecule has 1 aliphatic heterocycles. The van der Waals surface area contributed by atoms with Crippen molar-refractivity contribution in [2.45, 2.75) is 24.3 Å². The van der Waals surface area contributed by atoms with Crippen LogP contribution in [-0.2, 0) is 21.2 Å². The number of hydrogen-bond acceptors (Lipinski definition) is 5. The van der Waals surface area contributed by atoms with Gasteiger partial charge in [0.2, 0.25) is 15.9 Å². The van der Waals surface area contributed by atoms with Crippen LogP contribution in [-0.4, -0.2) is 54.8 Å². The van der Waals surface area contributed by atoms with Crippen LogP contribution in [0.5, 0.6) is 0 Å². The molecule has 0 atom stereocenters. The third-order valence-electron chi connectivity index (χ3n) is 7.48. The van der Waals surface area contributed by atoms with Gasteiger partial charge in [0.25, 0.3) is 0 Å². The highest BCUT2D eigenvalue weighted by Gasteiger charge is 2.32. The van der Waals surface area contributed by atoms with E-state index in [1.807, 2.05) is 67.6 Å². The molecule has 4 aromatic carbocycles. The summed E-state index contributed by atoms with van der Waals surface area (Å²) in [6.07, 6.45) is 0.219. The van der Waals surface area contributed by atoms with Gasteiger partial charge in [-0.25, -0.2) is 8.42 Å². The van der Waals surface area contributed by atoms with Crippen molar-refractivity contribution in [3.05, 3.63) is 131 Å². The molecule has 0 saturated carbocycles. The van der Waals surface area contributed by atoms with Crippen molar-refractivity contribution in [2.24, 2.45) is 0 Å². The molecule has 0 bridgehead atoms. The molecule has 1 aliphatic rings. The number of hydrogen-bond donors (Lipinski definition) is 2. The lowest BCUT2D eigenvalue weighted by molar-refractivity contribution is -0.119. The third kappa shape index (κ3) is 7.11. The lowest BCUT2D eigenvalue weighted by atomic mass is 9.96. The minimum atomic E-state index is -3.67. The van der Waals surface area contributed by atoms with Gasteiger partial charge in [-0.15, -0.1) is 0 Å². The molecule has 0 radical (unpaired) electrons. The van der Waals surface area contributed by atoms with Crippen LogP contribution in [0.25, 0.3) is 0 Å². The average Bonchev–Trinajstić information content (AvgIpc) is 3.00. The summed E-state index contributed by atoms with van der Waals surface area (Å²) in [4.78, 5) is 15.0. The van der Waals surface area contributed by atoms with Crippen molar-refractivity contribution in [1.82, 2.24) is 14.5 Å². The zero-order valence-corrected chi connectivity index (χ0v) is 25.1. The van der Waals surface area contributed by atoms with Crippen LogP contribution in [0.15, 0.2) is 114 Å². The predicted octanol–water partition coefficient (Wildman–Crippen LogP) is 5.15. The maximum Gasteiger partial charge on any atom is 0.243 e. The number of rotatable bonds is 8. The number of nitrogens with zero attached hydrogens (tertiary/aromatic N) is 2.